The van der Waals surface area contributed by atoms with Gasteiger partial charge >= 0.3 is 0 Å². The number of rotatable bonds is 1. The van der Waals surface area contributed by atoms with E-state index < -0.39 is 10.0 Å². The third-order valence-corrected chi connectivity index (χ3v) is 3.93. The fourth-order valence-corrected chi connectivity index (χ4v) is 3.32. The Hall–Kier alpha value is -0.0900. The van der Waals surface area contributed by atoms with Gasteiger partial charge in [0, 0.05) is 6.54 Å². The van der Waals surface area contributed by atoms with Crippen molar-refractivity contribution in [3.8, 4) is 0 Å². The van der Waals surface area contributed by atoms with Crippen LogP contribution in [0.1, 0.15) is 33.6 Å². The standard InChI is InChI=1S/C8H17NO2S/c1-8(2,3)6-7-4-5-9-12(7,10)11/h7,9H,4-6H2,1-3H3. The summed E-state index contributed by atoms with van der Waals surface area (Å²) in [6.07, 6.45) is 1.52. The van der Waals surface area contributed by atoms with Gasteiger partial charge in [0.1, 0.15) is 0 Å². The first kappa shape index (κ1) is 9.99. The lowest BCUT2D eigenvalue weighted by atomic mass is 9.89. The Morgan fingerprint density at radius 2 is 2.00 bits per heavy atom. The van der Waals surface area contributed by atoms with E-state index in [0.717, 1.165) is 12.8 Å². The number of hydrogen-bond acceptors (Lipinski definition) is 2. The summed E-state index contributed by atoms with van der Waals surface area (Å²) in [7, 11) is -2.97. The van der Waals surface area contributed by atoms with E-state index >= 15 is 0 Å². The maximum Gasteiger partial charge on any atom is 0.214 e. The molecule has 1 fully saturated rings. The lowest BCUT2D eigenvalue weighted by Crippen LogP contribution is -2.27. The number of sulfonamides is 1. The van der Waals surface area contributed by atoms with Crippen LogP contribution in [0.4, 0.5) is 0 Å². The van der Waals surface area contributed by atoms with E-state index in [2.05, 4.69) is 25.5 Å². The molecule has 1 saturated heterocycles. The smallest absolute Gasteiger partial charge is 0.214 e. The molecule has 0 amide bonds. The molecule has 3 nitrogen and oxygen atoms in total. The minimum atomic E-state index is -2.97. The van der Waals surface area contributed by atoms with Crippen LogP contribution in [-0.2, 0) is 10.0 Å². The average Bonchev–Trinajstić information content (AvgIpc) is 2.07. The van der Waals surface area contributed by atoms with Gasteiger partial charge in [-0.05, 0) is 18.3 Å². The van der Waals surface area contributed by atoms with E-state index in [1.165, 1.54) is 0 Å². The summed E-state index contributed by atoms with van der Waals surface area (Å²) in [4.78, 5) is 0. The van der Waals surface area contributed by atoms with Crippen LogP contribution in [0.2, 0.25) is 0 Å². The van der Waals surface area contributed by atoms with Crippen LogP contribution in [0.25, 0.3) is 0 Å². The van der Waals surface area contributed by atoms with E-state index in [-0.39, 0.29) is 10.7 Å². The van der Waals surface area contributed by atoms with Gasteiger partial charge in [-0.1, -0.05) is 20.8 Å². The summed E-state index contributed by atoms with van der Waals surface area (Å²) in [6, 6.07) is 0. The molecule has 0 saturated carbocycles. The van der Waals surface area contributed by atoms with Crippen molar-refractivity contribution in [2.75, 3.05) is 6.54 Å². The molecule has 0 aromatic rings. The molecule has 4 heteroatoms. The summed E-state index contributed by atoms with van der Waals surface area (Å²) in [5, 5.41) is -0.169. The van der Waals surface area contributed by atoms with Gasteiger partial charge in [0.25, 0.3) is 0 Å². The van der Waals surface area contributed by atoms with Crippen molar-refractivity contribution in [2.45, 2.75) is 38.9 Å². The molecule has 0 bridgehead atoms. The highest BCUT2D eigenvalue weighted by atomic mass is 32.2. The van der Waals surface area contributed by atoms with Crippen LogP contribution in [0.5, 0.6) is 0 Å². The molecule has 1 heterocycles. The lowest BCUT2D eigenvalue weighted by Gasteiger charge is -2.21. The molecule has 1 aliphatic heterocycles. The summed E-state index contributed by atoms with van der Waals surface area (Å²) >= 11 is 0. The minimum absolute atomic E-state index is 0.101. The van der Waals surface area contributed by atoms with E-state index in [9.17, 15) is 8.42 Å². The molecule has 1 unspecified atom stereocenters. The first-order valence-corrected chi connectivity index (χ1v) is 5.84. The second kappa shape index (κ2) is 3.00. The van der Waals surface area contributed by atoms with E-state index in [4.69, 9.17) is 0 Å². The molecule has 0 aromatic carbocycles. The van der Waals surface area contributed by atoms with Crippen LogP contribution in [0.15, 0.2) is 0 Å². The molecule has 72 valence electrons. The normalized spacial score (nSPS) is 29.1. The fourth-order valence-electron chi connectivity index (χ4n) is 1.53. The Kier molecular flexibility index (Phi) is 2.50. The Labute approximate surface area is 74.6 Å². The number of nitrogens with one attached hydrogen (secondary N) is 1. The number of hydrogen-bond donors (Lipinski definition) is 1. The highest BCUT2D eigenvalue weighted by Crippen LogP contribution is 2.27. The lowest BCUT2D eigenvalue weighted by molar-refractivity contribution is 0.365. The summed E-state index contributed by atoms with van der Waals surface area (Å²) in [5.41, 5.74) is 0.101. The molecular formula is C8H17NO2S. The van der Waals surface area contributed by atoms with Gasteiger partial charge in [-0.15, -0.1) is 0 Å². The van der Waals surface area contributed by atoms with E-state index in [1.54, 1.807) is 0 Å². The zero-order valence-electron chi connectivity index (χ0n) is 7.92. The van der Waals surface area contributed by atoms with E-state index in [0.29, 0.717) is 6.54 Å². The molecule has 1 N–H and O–H groups in total. The van der Waals surface area contributed by atoms with Crippen molar-refractivity contribution < 1.29 is 8.42 Å². The van der Waals surface area contributed by atoms with Crippen LogP contribution in [-0.4, -0.2) is 20.2 Å². The third-order valence-electron chi connectivity index (χ3n) is 2.05. The van der Waals surface area contributed by atoms with Gasteiger partial charge in [-0.2, -0.15) is 0 Å². The van der Waals surface area contributed by atoms with Gasteiger partial charge in [0.2, 0.25) is 10.0 Å². The first-order chi connectivity index (χ1) is 5.31. The van der Waals surface area contributed by atoms with Gasteiger partial charge in [0.15, 0.2) is 0 Å². The zero-order valence-corrected chi connectivity index (χ0v) is 8.74. The maximum atomic E-state index is 11.3. The monoisotopic (exact) mass is 191 g/mol. The SMILES string of the molecule is CC(C)(C)CC1CCNS1(=O)=O. The summed E-state index contributed by atoms with van der Waals surface area (Å²) in [6.45, 7) is 6.82. The van der Waals surface area contributed by atoms with Gasteiger partial charge in [0.05, 0.1) is 5.25 Å². The Bertz CT molecular complexity index is 251. The fraction of sp³-hybridized carbons (Fsp3) is 1.00. The van der Waals surface area contributed by atoms with E-state index in [1.807, 2.05) is 0 Å². The Morgan fingerprint density at radius 1 is 1.42 bits per heavy atom. The van der Waals surface area contributed by atoms with Crippen molar-refractivity contribution in [1.82, 2.24) is 4.72 Å². The van der Waals surface area contributed by atoms with Crippen molar-refractivity contribution in [1.29, 1.82) is 0 Å². The third kappa shape index (κ3) is 2.45. The predicted octanol–water partition coefficient (Wildman–Crippen LogP) is 1.11. The molecule has 0 spiro atoms. The zero-order chi connectivity index (χ0) is 9.41. The van der Waals surface area contributed by atoms with Gasteiger partial charge in [-0.3, -0.25) is 0 Å². The predicted molar refractivity (Wildman–Crippen MR) is 49.4 cm³/mol. The van der Waals surface area contributed by atoms with Crippen molar-refractivity contribution in [3.05, 3.63) is 0 Å². The largest absolute Gasteiger partial charge is 0.215 e. The average molecular weight is 191 g/mol. The van der Waals surface area contributed by atoms with Crippen molar-refractivity contribution >= 4 is 10.0 Å². The molecular weight excluding hydrogens is 174 g/mol. The van der Waals surface area contributed by atoms with Crippen molar-refractivity contribution in [2.24, 2.45) is 5.41 Å². The van der Waals surface area contributed by atoms with Crippen LogP contribution in [0, 0.1) is 5.41 Å². The Balaban J connectivity index is 2.66. The second-order valence-corrected chi connectivity index (χ2v) is 6.66. The minimum Gasteiger partial charge on any atom is -0.215 e. The highest BCUT2D eigenvalue weighted by molar-refractivity contribution is 7.90. The first-order valence-electron chi connectivity index (χ1n) is 4.30. The van der Waals surface area contributed by atoms with Crippen molar-refractivity contribution in [3.63, 3.8) is 0 Å². The Morgan fingerprint density at radius 3 is 2.33 bits per heavy atom. The molecule has 1 rings (SSSR count). The molecule has 0 radical (unpaired) electrons. The van der Waals surface area contributed by atoms with Crippen LogP contribution >= 0.6 is 0 Å². The summed E-state index contributed by atoms with van der Waals surface area (Å²) < 4.78 is 25.2. The quantitative estimate of drug-likeness (QED) is 0.675. The van der Waals surface area contributed by atoms with Gasteiger partial charge < -0.3 is 0 Å². The maximum absolute atomic E-state index is 11.3. The summed E-state index contributed by atoms with van der Waals surface area (Å²) in [5.74, 6) is 0. The van der Waals surface area contributed by atoms with Crippen LogP contribution < -0.4 is 4.72 Å². The topological polar surface area (TPSA) is 46.2 Å². The molecule has 1 atom stereocenters. The molecule has 1 aliphatic rings. The second-order valence-electron chi connectivity index (χ2n) is 4.61. The molecule has 0 aliphatic carbocycles. The van der Waals surface area contributed by atoms with Crippen LogP contribution in [0.3, 0.4) is 0 Å². The molecule has 12 heavy (non-hydrogen) atoms. The van der Waals surface area contributed by atoms with Gasteiger partial charge in [-0.25, -0.2) is 13.1 Å². The highest BCUT2D eigenvalue weighted by Gasteiger charge is 2.33. The molecule has 0 aromatic heterocycles.